The SMILES string of the molecule is CN(C1CCN(Cc2cnc(N)s2)CC1)S(C)(=O)=O. The molecule has 2 N–H and O–H groups in total. The van der Waals surface area contributed by atoms with Crippen molar-refractivity contribution in [3.8, 4) is 0 Å². The van der Waals surface area contributed by atoms with Crippen molar-refractivity contribution in [2.24, 2.45) is 0 Å². The molecule has 1 aliphatic rings. The topological polar surface area (TPSA) is 79.5 Å². The van der Waals surface area contributed by atoms with Crippen molar-refractivity contribution in [1.29, 1.82) is 0 Å². The van der Waals surface area contributed by atoms with Crippen LogP contribution in [0.1, 0.15) is 17.7 Å². The number of sulfonamides is 1. The minimum atomic E-state index is -3.09. The van der Waals surface area contributed by atoms with E-state index in [4.69, 9.17) is 5.73 Å². The Morgan fingerprint density at radius 1 is 1.53 bits per heavy atom. The number of nitrogens with two attached hydrogens (primary N) is 1. The highest BCUT2D eigenvalue weighted by Crippen LogP contribution is 2.21. The molecule has 1 aromatic rings. The van der Waals surface area contributed by atoms with Crippen LogP contribution in [-0.4, -0.2) is 55.0 Å². The van der Waals surface area contributed by atoms with Crippen molar-refractivity contribution in [3.05, 3.63) is 11.1 Å². The van der Waals surface area contributed by atoms with Gasteiger partial charge in [0.05, 0.1) is 6.26 Å². The summed E-state index contributed by atoms with van der Waals surface area (Å²) in [6.45, 7) is 2.66. The van der Waals surface area contributed by atoms with Crippen LogP contribution in [0.3, 0.4) is 0 Å². The molecular weight excluding hydrogens is 284 g/mol. The van der Waals surface area contributed by atoms with Gasteiger partial charge in [-0.15, -0.1) is 11.3 Å². The molecule has 0 aromatic carbocycles. The smallest absolute Gasteiger partial charge is 0.211 e. The molecule has 1 aromatic heterocycles. The molecule has 1 fully saturated rings. The first-order valence-electron chi connectivity index (χ1n) is 6.22. The number of aromatic nitrogens is 1. The standard InChI is InChI=1S/C11H20N4O2S2/c1-14(19(2,16)17)9-3-5-15(6-4-9)8-10-7-13-11(12)18-10/h7,9H,3-6,8H2,1-2H3,(H2,12,13). The lowest BCUT2D eigenvalue weighted by Crippen LogP contribution is -2.44. The number of rotatable bonds is 4. The summed E-state index contributed by atoms with van der Waals surface area (Å²) in [5, 5.41) is 0.599. The number of piperidine rings is 1. The minimum absolute atomic E-state index is 0.123. The molecule has 0 unspecified atom stereocenters. The molecule has 0 radical (unpaired) electrons. The van der Waals surface area contributed by atoms with E-state index in [1.165, 1.54) is 21.9 Å². The van der Waals surface area contributed by atoms with Crippen LogP contribution in [0.5, 0.6) is 0 Å². The molecule has 6 nitrogen and oxygen atoms in total. The van der Waals surface area contributed by atoms with Gasteiger partial charge in [0.15, 0.2) is 5.13 Å². The largest absolute Gasteiger partial charge is 0.375 e. The van der Waals surface area contributed by atoms with Gasteiger partial charge in [-0.05, 0) is 12.8 Å². The van der Waals surface area contributed by atoms with Crippen molar-refractivity contribution in [2.45, 2.75) is 25.4 Å². The molecule has 8 heteroatoms. The molecule has 0 bridgehead atoms. The van der Waals surface area contributed by atoms with Gasteiger partial charge in [0.25, 0.3) is 0 Å². The Labute approximate surface area is 118 Å². The maximum atomic E-state index is 11.5. The summed E-state index contributed by atoms with van der Waals surface area (Å²) in [5.41, 5.74) is 5.61. The molecule has 2 heterocycles. The number of nitrogens with zero attached hydrogens (tertiary/aromatic N) is 3. The second-order valence-electron chi connectivity index (χ2n) is 4.95. The third-order valence-corrected chi connectivity index (χ3v) is 5.70. The fraction of sp³-hybridized carbons (Fsp3) is 0.727. The average Bonchev–Trinajstić information content (AvgIpc) is 2.74. The monoisotopic (exact) mass is 304 g/mol. The molecule has 0 aliphatic carbocycles. The number of likely N-dealkylation sites (tertiary alicyclic amines) is 1. The van der Waals surface area contributed by atoms with E-state index in [-0.39, 0.29) is 6.04 Å². The van der Waals surface area contributed by atoms with Gasteiger partial charge in [-0.25, -0.2) is 17.7 Å². The Kier molecular flexibility index (Phi) is 4.44. The first kappa shape index (κ1) is 14.7. The van der Waals surface area contributed by atoms with Crippen molar-refractivity contribution in [2.75, 3.05) is 32.1 Å². The molecule has 1 saturated heterocycles. The number of hydrogen-bond donors (Lipinski definition) is 1. The third kappa shape index (κ3) is 3.88. The summed E-state index contributed by atoms with van der Waals surface area (Å²) >= 11 is 1.51. The minimum Gasteiger partial charge on any atom is -0.375 e. The zero-order valence-electron chi connectivity index (χ0n) is 11.2. The van der Waals surface area contributed by atoms with Crippen molar-refractivity contribution >= 4 is 26.5 Å². The van der Waals surface area contributed by atoms with E-state index in [9.17, 15) is 8.42 Å². The van der Waals surface area contributed by atoms with Crippen molar-refractivity contribution < 1.29 is 8.42 Å². The molecule has 0 saturated carbocycles. The lowest BCUT2D eigenvalue weighted by molar-refractivity contribution is 0.165. The predicted octanol–water partition coefficient (Wildman–Crippen LogP) is 0.581. The van der Waals surface area contributed by atoms with E-state index < -0.39 is 10.0 Å². The molecular formula is C11H20N4O2S2. The Morgan fingerprint density at radius 2 is 2.16 bits per heavy atom. The fourth-order valence-electron chi connectivity index (χ4n) is 2.33. The molecule has 0 amide bonds. The van der Waals surface area contributed by atoms with Crippen LogP contribution >= 0.6 is 11.3 Å². The second-order valence-corrected chi connectivity index (χ2v) is 8.14. The first-order valence-corrected chi connectivity index (χ1v) is 8.88. The Balaban J connectivity index is 1.86. The summed E-state index contributed by atoms with van der Waals surface area (Å²) in [4.78, 5) is 7.52. The zero-order chi connectivity index (χ0) is 14.0. The number of anilines is 1. The quantitative estimate of drug-likeness (QED) is 0.880. The predicted molar refractivity (Wildman–Crippen MR) is 77.4 cm³/mol. The van der Waals surface area contributed by atoms with E-state index in [2.05, 4.69) is 9.88 Å². The summed E-state index contributed by atoms with van der Waals surface area (Å²) in [7, 11) is -1.42. The van der Waals surface area contributed by atoms with Crippen molar-refractivity contribution in [3.63, 3.8) is 0 Å². The van der Waals surface area contributed by atoms with Gasteiger partial charge in [0.2, 0.25) is 10.0 Å². The van der Waals surface area contributed by atoms with Crippen LogP contribution in [0.4, 0.5) is 5.13 Å². The van der Waals surface area contributed by atoms with Gasteiger partial charge in [-0.2, -0.15) is 0 Å². The molecule has 0 spiro atoms. The molecule has 2 rings (SSSR count). The van der Waals surface area contributed by atoms with E-state index in [1.54, 1.807) is 7.05 Å². The van der Waals surface area contributed by atoms with Crippen LogP contribution in [-0.2, 0) is 16.6 Å². The number of thiazole rings is 1. The number of nitrogen functional groups attached to an aromatic ring is 1. The van der Waals surface area contributed by atoms with Gasteiger partial charge in [-0.1, -0.05) is 0 Å². The summed E-state index contributed by atoms with van der Waals surface area (Å²) in [6, 6.07) is 0.123. The lowest BCUT2D eigenvalue weighted by Gasteiger charge is -2.35. The van der Waals surface area contributed by atoms with Crippen LogP contribution in [0, 0.1) is 0 Å². The Bertz CT molecular complexity index is 521. The summed E-state index contributed by atoms with van der Waals surface area (Å²) in [5.74, 6) is 0. The van der Waals surface area contributed by atoms with Gasteiger partial charge in [-0.3, -0.25) is 4.90 Å². The second kappa shape index (κ2) is 5.74. The van der Waals surface area contributed by atoms with Gasteiger partial charge < -0.3 is 5.73 Å². The molecule has 19 heavy (non-hydrogen) atoms. The summed E-state index contributed by atoms with van der Waals surface area (Å²) < 4.78 is 24.5. The fourth-order valence-corrected chi connectivity index (χ4v) is 3.81. The highest BCUT2D eigenvalue weighted by atomic mass is 32.2. The van der Waals surface area contributed by atoms with Crippen molar-refractivity contribution in [1.82, 2.24) is 14.2 Å². The lowest BCUT2D eigenvalue weighted by atomic mass is 10.1. The van der Waals surface area contributed by atoms with Crippen LogP contribution in [0.15, 0.2) is 6.20 Å². The normalized spacial score (nSPS) is 19.1. The highest BCUT2D eigenvalue weighted by Gasteiger charge is 2.27. The maximum absolute atomic E-state index is 11.5. The Hall–Kier alpha value is -0.700. The zero-order valence-corrected chi connectivity index (χ0v) is 12.9. The Morgan fingerprint density at radius 3 is 2.63 bits per heavy atom. The van der Waals surface area contributed by atoms with Gasteiger partial charge in [0.1, 0.15) is 0 Å². The maximum Gasteiger partial charge on any atom is 0.211 e. The molecule has 108 valence electrons. The van der Waals surface area contributed by atoms with E-state index in [1.807, 2.05) is 6.20 Å². The van der Waals surface area contributed by atoms with Gasteiger partial charge >= 0.3 is 0 Å². The number of hydrogen-bond acceptors (Lipinski definition) is 6. The van der Waals surface area contributed by atoms with E-state index in [0.29, 0.717) is 5.13 Å². The highest BCUT2D eigenvalue weighted by molar-refractivity contribution is 7.88. The van der Waals surface area contributed by atoms with Gasteiger partial charge in [0, 0.05) is 43.8 Å². The third-order valence-electron chi connectivity index (χ3n) is 3.55. The van der Waals surface area contributed by atoms with Crippen LogP contribution in [0.25, 0.3) is 0 Å². The summed E-state index contributed by atoms with van der Waals surface area (Å²) in [6.07, 6.45) is 4.82. The first-order chi connectivity index (χ1) is 8.86. The van der Waals surface area contributed by atoms with E-state index >= 15 is 0 Å². The molecule has 1 aliphatic heterocycles. The average molecular weight is 304 g/mol. The van der Waals surface area contributed by atoms with E-state index in [0.717, 1.165) is 37.4 Å². The van der Waals surface area contributed by atoms with Crippen LogP contribution < -0.4 is 5.73 Å². The molecule has 0 atom stereocenters. The van der Waals surface area contributed by atoms with Crippen LogP contribution in [0.2, 0.25) is 0 Å².